The molecule has 1 saturated heterocycles. The zero-order valence-corrected chi connectivity index (χ0v) is 26.0. The van der Waals surface area contributed by atoms with E-state index in [2.05, 4.69) is 37.4 Å². The minimum Gasteiger partial charge on any atom is -0.539 e. The van der Waals surface area contributed by atoms with Gasteiger partial charge in [0.2, 0.25) is 11.5 Å². The summed E-state index contributed by atoms with van der Waals surface area (Å²) in [6, 6.07) is 0. The number of rotatable bonds is 9. The summed E-state index contributed by atoms with van der Waals surface area (Å²) < 4.78 is 10.4. The van der Waals surface area contributed by atoms with Gasteiger partial charge < -0.3 is 14.2 Å². The van der Waals surface area contributed by atoms with Crippen LogP contribution in [0.1, 0.15) is 58.7 Å². The smallest absolute Gasteiger partial charge is 0.378 e. The number of ketones is 1. The third-order valence-electron chi connectivity index (χ3n) is 5.76. The van der Waals surface area contributed by atoms with E-state index in [1.165, 1.54) is 41.8 Å². The van der Waals surface area contributed by atoms with Gasteiger partial charge in [-0.3, -0.25) is 14.5 Å². The molecule has 2 aliphatic rings. The molecule has 0 aromatic carbocycles. The molecular formula is C24H29BIN3O7S2. The molecule has 2 aliphatic heterocycles. The summed E-state index contributed by atoms with van der Waals surface area (Å²) in [5, 5.41) is 5.88. The van der Waals surface area contributed by atoms with Gasteiger partial charge in [-0.2, -0.15) is 0 Å². The normalized spacial score (nSPS) is 22.0. The van der Waals surface area contributed by atoms with Crippen LogP contribution in [0.4, 0.5) is 0 Å². The maximum absolute atomic E-state index is 13.5. The van der Waals surface area contributed by atoms with Crippen LogP contribution in [0.3, 0.4) is 0 Å². The molecular weight excluding hydrogens is 644 g/mol. The molecule has 3 heterocycles. The first-order valence-electron chi connectivity index (χ1n) is 11.7. The standard InChI is InChI=1S/C24H29BIN3O7S2/c1-11-14(9-26)18(21(32)35-25)29-19(31)13(20(29)38-11)8-16(30)17(15-10-37-12(2)27-15)28-36-24(6,7)22(33)34-23(3,4)5/h10-11,13,20H,8-9H2,1-7H3/b28-17-/t11-,13+,20+/m0/s1. The van der Waals surface area contributed by atoms with E-state index in [1.54, 1.807) is 33.1 Å². The monoisotopic (exact) mass is 673 g/mol. The maximum atomic E-state index is 13.5. The zero-order valence-electron chi connectivity index (χ0n) is 22.2. The van der Waals surface area contributed by atoms with Gasteiger partial charge in [-0.05, 0) is 54.0 Å². The van der Waals surface area contributed by atoms with E-state index >= 15 is 0 Å². The molecule has 2 radical (unpaired) electrons. The predicted molar refractivity (Wildman–Crippen MR) is 153 cm³/mol. The molecule has 0 bridgehead atoms. The van der Waals surface area contributed by atoms with Gasteiger partial charge in [-0.1, -0.05) is 27.7 Å². The fourth-order valence-electron chi connectivity index (χ4n) is 3.81. The zero-order chi connectivity index (χ0) is 28.6. The van der Waals surface area contributed by atoms with Crippen molar-refractivity contribution in [1.29, 1.82) is 0 Å². The van der Waals surface area contributed by atoms with Crippen molar-refractivity contribution < 1.29 is 33.4 Å². The number of thioether (sulfide) groups is 1. The molecule has 0 spiro atoms. The second-order valence-corrected chi connectivity index (χ2v) is 13.6. The highest BCUT2D eigenvalue weighted by atomic mass is 127. The Hall–Kier alpha value is -1.94. The number of alkyl halides is 1. The first kappa shape index (κ1) is 30.6. The van der Waals surface area contributed by atoms with E-state index in [1.807, 2.05) is 6.92 Å². The van der Waals surface area contributed by atoms with Gasteiger partial charge in [0.1, 0.15) is 17.0 Å². The van der Waals surface area contributed by atoms with Gasteiger partial charge in [-0.25, -0.2) is 14.6 Å². The Morgan fingerprint density at radius 1 is 1.24 bits per heavy atom. The number of nitrogens with zero attached hydrogens (tertiary/aromatic N) is 3. The number of fused-ring (bicyclic) bond motifs is 1. The second-order valence-electron chi connectivity index (χ2n) is 10.3. The average molecular weight is 673 g/mol. The highest BCUT2D eigenvalue weighted by Gasteiger charge is 2.55. The Bertz CT molecular complexity index is 1210. The number of esters is 1. The maximum Gasteiger partial charge on any atom is 0.378 e. The Morgan fingerprint density at radius 2 is 1.89 bits per heavy atom. The number of ether oxygens (including phenoxy) is 1. The Morgan fingerprint density at radius 3 is 2.42 bits per heavy atom. The van der Waals surface area contributed by atoms with Crippen molar-refractivity contribution in [1.82, 2.24) is 9.88 Å². The number of oxime groups is 1. The van der Waals surface area contributed by atoms with Gasteiger partial charge in [0.15, 0.2) is 11.5 Å². The topological polar surface area (TPSA) is 124 Å². The fourth-order valence-corrected chi connectivity index (χ4v) is 7.24. The minimum absolute atomic E-state index is 0.0831. The number of halogens is 1. The number of aromatic nitrogens is 1. The van der Waals surface area contributed by atoms with Crippen molar-refractivity contribution in [3.8, 4) is 0 Å². The first-order valence-corrected chi connectivity index (χ1v) is 15.1. The summed E-state index contributed by atoms with van der Waals surface area (Å²) in [6.07, 6.45) is -0.185. The lowest BCUT2D eigenvalue weighted by Crippen LogP contribution is -2.63. The lowest BCUT2D eigenvalue weighted by atomic mass is 9.89. The number of hydrogen-bond acceptors (Lipinski definition) is 11. The quantitative estimate of drug-likeness (QED) is 0.0738. The van der Waals surface area contributed by atoms with Crippen LogP contribution in [-0.4, -0.2) is 73.5 Å². The largest absolute Gasteiger partial charge is 0.539 e. The molecule has 0 N–H and O–H groups in total. The molecule has 204 valence electrons. The lowest BCUT2D eigenvalue weighted by molar-refractivity contribution is -0.179. The SMILES string of the molecule is [B]OC(=O)C1=C(CI)[C@H](C)S[C@@H]2[C@H](CC(=O)/C(=N\OC(C)(C)C(=O)OC(C)(C)C)c3csc(C)n3)C(=O)N12. The Kier molecular flexibility index (Phi) is 9.39. The molecule has 1 aromatic rings. The van der Waals surface area contributed by atoms with Crippen LogP contribution in [0, 0.1) is 12.8 Å². The van der Waals surface area contributed by atoms with Gasteiger partial charge in [0.25, 0.3) is 0 Å². The van der Waals surface area contributed by atoms with E-state index in [0.29, 0.717) is 9.44 Å². The van der Waals surface area contributed by atoms with E-state index < -0.39 is 40.2 Å². The Labute approximate surface area is 244 Å². The molecule has 1 aromatic heterocycles. The van der Waals surface area contributed by atoms with Crippen LogP contribution in [-0.2, 0) is 33.4 Å². The minimum atomic E-state index is -1.49. The third-order valence-corrected chi connectivity index (χ3v) is 8.87. The van der Waals surface area contributed by atoms with Gasteiger partial charge >= 0.3 is 20.0 Å². The van der Waals surface area contributed by atoms with Crippen LogP contribution < -0.4 is 0 Å². The number of thiazole rings is 1. The summed E-state index contributed by atoms with van der Waals surface area (Å²) in [7, 11) is 5.13. The van der Waals surface area contributed by atoms with Gasteiger partial charge in [0, 0.05) is 21.5 Å². The summed E-state index contributed by atoms with van der Waals surface area (Å²) in [6.45, 7) is 11.9. The highest BCUT2D eigenvalue weighted by Crippen LogP contribution is 2.48. The van der Waals surface area contributed by atoms with E-state index in [9.17, 15) is 19.2 Å². The number of aryl methyl sites for hydroxylation is 1. The second kappa shape index (κ2) is 11.7. The van der Waals surface area contributed by atoms with Crippen molar-refractivity contribution in [3.05, 3.63) is 27.4 Å². The molecule has 3 rings (SSSR count). The summed E-state index contributed by atoms with van der Waals surface area (Å²) >= 11 is 4.94. The van der Waals surface area contributed by atoms with Crippen LogP contribution >= 0.6 is 45.7 Å². The number of carbonyl (C=O) groups excluding carboxylic acids is 4. The number of hydrogen-bond donors (Lipinski definition) is 0. The van der Waals surface area contributed by atoms with Crippen molar-refractivity contribution in [2.45, 2.75) is 76.7 Å². The van der Waals surface area contributed by atoms with Crippen molar-refractivity contribution >= 4 is 83.1 Å². The average Bonchev–Trinajstić information content (AvgIpc) is 3.25. The molecule has 0 unspecified atom stereocenters. The van der Waals surface area contributed by atoms with Crippen molar-refractivity contribution in [2.24, 2.45) is 11.1 Å². The van der Waals surface area contributed by atoms with E-state index in [-0.39, 0.29) is 34.7 Å². The number of carbonyl (C=O) groups is 4. The molecule has 38 heavy (non-hydrogen) atoms. The van der Waals surface area contributed by atoms with Crippen molar-refractivity contribution in [2.75, 3.05) is 4.43 Å². The van der Waals surface area contributed by atoms with Crippen LogP contribution in [0.5, 0.6) is 0 Å². The van der Waals surface area contributed by atoms with Gasteiger partial charge in [0.05, 0.1) is 16.3 Å². The molecule has 1 fully saturated rings. The summed E-state index contributed by atoms with van der Waals surface area (Å²) in [4.78, 5) is 62.9. The lowest BCUT2D eigenvalue weighted by Gasteiger charge is -2.51. The van der Waals surface area contributed by atoms with Crippen LogP contribution in [0.25, 0.3) is 0 Å². The molecule has 0 saturated carbocycles. The molecule has 3 atom stereocenters. The predicted octanol–water partition coefficient (Wildman–Crippen LogP) is 3.49. The number of amides is 1. The summed E-state index contributed by atoms with van der Waals surface area (Å²) in [5.74, 6) is -2.99. The first-order chi connectivity index (χ1) is 17.6. The number of Topliss-reactive ketones (excluding diaryl/α,β-unsaturated/α-hetero) is 1. The highest BCUT2D eigenvalue weighted by molar-refractivity contribution is 14.1. The molecule has 0 aliphatic carbocycles. The fraction of sp³-hybridized carbons (Fsp3) is 0.583. The van der Waals surface area contributed by atoms with Crippen LogP contribution in [0.15, 0.2) is 21.8 Å². The van der Waals surface area contributed by atoms with Crippen LogP contribution in [0.2, 0.25) is 0 Å². The third kappa shape index (κ3) is 6.44. The van der Waals surface area contributed by atoms with E-state index in [0.717, 1.165) is 5.57 Å². The van der Waals surface area contributed by atoms with Gasteiger partial charge in [-0.15, -0.1) is 23.1 Å². The number of β-lactam (4-membered cyclic amide) rings is 1. The van der Waals surface area contributed by atoms with Crippen molar-refractivity contribution in [3.63, 3.8) is 0 Å². The summed E-state index contributed by atoms with van der Waals surface area (Å²) in [5.41, 5.74) is -1.16. The molecule has 1 amide bonds. The van der Waals surface area contributed by atoms with E-state index in [4.69, 9.17) is 17.6 Å². The molecule has 10 nitrogen and oxygen atoms in total. The Balaban J connectivity index is 1.86. The molecule has 14 heteroatoms.